The zero-order valence-electron chi connectivity index (χ0n) is 12.7. The second-order valence-corrected chi connectivity index (χ2v) is 6.65. The van der Waals surface area contributed by atoms with E-state index in [1.807, 2.05) is 17.8 Å². The number of halogens is 1. The Kier molecular flexibility index (Phi) is 5.73. The van der Waals surface area contributed by atoms with Crippen LogP contribution in [0.2, 0.25) is 0 Å². The molecule has 112 valence electrons. The Morgan fingerprint density at radius 1 is 1.50 bits per heavy atom. The van der Waals surface area contributed by atoms with Gasteiger partial charge in [0.2, 0.25) is 0 Å². The molecule has 1 fully saturated rings. The third-order valence-electron chi connectivity index (χ3n) is 3.85. The van der Waals surface area contributed by atoms with Crippen molar-refractivity contribution in [1.29, 1.82) is 0 Å². The molecule has 0 radical (unpaired) electrons. The number of thioether (sulfide) groups is 1. The molecule has 2 atom stereocenters. The van der Waals surface area contributed by atoms with Crippen molar-refractivity contribution in [3.05, 3.63) is 29.6 Å². The molecule has 1 aromatic carbocycles. The molecular formula is C16H25FN2S. The van der Waals surface area contributed by atoms with E-state index >= 15 is 0 Å². The van der Waals surface area contributed by atoms with Gasteiger partial charge in [-0.3, -0.25) is 0 Å². The Morgan fingerprint density at radius 3 is 2.95 bits per heavy atom. The van der Waals surface area contributed by atoms with E-state index in [0.717, 1.165) is 42.3 Å². The van der Waals surface area contributed by atoms with Gasteiger partial charge in [-0.05, 0) is 44.5 Å². The quantitative estimate of drug-likeness (QED) is 0.889. The van der Waals surface area contributed by atoms with Crippen LogP contribution >= 0.6 is 11.8 Å². The maximum absolute atomic E-state index is 14.4. The fraction of sp³-hybridized carbons (Fsp3) is 0.625. The molecule has 0 aromatic heterocycles. The molecule has 1 aromatic rings. The summed E-state index contributed by atoms with van der Waals surface area (Å²) in [5.74, 6) is 2.07. The summed E-state index contributed by atoms with van der Waals surface area (Å²) in [6.45, 7) is 8.30. The van der Waals surface area contributed by atoms with Crippen molar-refractivity contribution in [3.8, 4) is 0 Å². The Labute approximate surface area is 126 Å². The average molecular weight is 296 g/mol. The van der Waals surface area contributed by atoms with Crippen LogP contribution in [0.3, 0.4) is 0 Å². The lowest BCUT2D eigenvalue weighted by atomic mass is 10.1. The number of anilines is 1. The summed E-state index contributed by atoms with van der Waals surface area (Å²) in [6, 6.07) is 6.30. The summed E-state index contributed by atoms with van der Waals surface area (Å²) in [5.41, 5.74) is 1.78. The average Bonchev–Trinajstić information content (AvgIpc) is 2.45. The fourth-order valence-electron chi connectivity index (χ4n) is 2.59. The van der Waals surface area contributed by atoms with Gasteiger partial charge in [0.1, 0.15) is 5.82 Å². The maximum Gasteiger partial charge on any atom is 0.146 e. The highest BCUT2D eigenvalue weighted by Crippen LogP contribution is 2.28. The fourth-order valence-corrected chi connectivity index (χ4v) is 3.60. The Hall–Kier alpha value is -0.740. The summed E-state index contributed by atoms with van der Waals surface area (Å²) in [4.78, 5) is 2.19. The molecule has 1 aliphatic rings. The van der Waals surface area contributed by atoms with Gasteiger partial charge >= 0.3 is 0 Å². The normalized spacial score (nSPS) is 21.0. The monoisotopic (exact) mass is 296 g/mol. The minimum atomic E-state index is -0.0913. The van der Waals surface area contributed by atoms with Crippen molar-refractivity contribution in [2.24, 2.45) is 0 Å². The van der Waals surface area contributed by atoms with Gasteiger partial charge in [-0.1, -0.05) is 13.0 Å². The van der Waals surface area contributed by atoms with E-state index in [9.17, 15) is 4.39 Å². The first-order valence-corrected chi connectivity index (χ1v) is 8.66. The zero-order valence-corrected chi connectivity index (χ0v) is 13.5. The molecule has 0 aliphatic carbocycles. The molecule has 1 heterocycles. The summed E-state index contributed by atoms with van der Waals surface area (Å²) < 4.78 is 14.4. The summed E-state index contributed by atoms with van der Waals surface area (Å²) in [5, 5.41) is 3.40. The van der Waals surface area contributed by atoms with E-state index < -0.39 is 0 Å². The molecule has 2 unspecified atom stereocenters. The highest BCUT2D eigenvalue weighted by Gasteiger charge is 2.22. The molecule has 20 heavy (non-hydrogen) atoms. The highest BCUT2D eigenvalue weighted by atomic mass is 32.2. The van der Waals surface area contributed by atoms with Crippen LogP contribution in [-0.2, 0) is 0 Å². The molecular weight excluding hydrogens is 271 g/mol. The predicted octanol–water partition coefficient (Wildman–Crippen LogP) is 3.83. The molecule has 0 saturated carbocycles. The van der Waals surface area contributed by atoms with E-state index in [0.29, 0.717) is 6.04 Å². The lowest BCUT2D eigenvalue weighted by Gasteiger charge is -2.35. The molecule has 1 saturated heterocycles. The molecule has 4 heteroatoms. The van der Waals surface area contributed by atoms with Gasteiger partial charge in [-0.2, -0.15) is 11.8 Å². The molecule has 0 bridgehead atoms. The number of benzene rings is 1. The maximum atomic E-state index is 14.4. The van der Waals surface area contributed by atoms with Crippen LogP contribution in [0.25, 0.3) is 0 Å². The summed E-state index contributed by atoms with van der Waals surface area (Å²) >= 11 is 1.95. The Balaban J connectivity index is 2.12. The number of hydrogen-bond donors (Lipinski definition) is 1. The number of rotatable bonds is 5. The van der Waals surface area contributed by atoms with E-state index in [-0.39, 0.29) is 11.9 Å². The van der Waals surface area contributed by atoms with Gasteiger partial charge in [0, 0.05) is 30.1 Å². The number of hydrogen-bond acceptors (Lipinski definition) is 3. The topological polar surface area (TPSA) is 15.3 Å². The third kappa shape index (κ3) is 3.67. The van der Waals surface area contributed by atoms with Crippen LogP contribution in [0.15, 0.2) is 18.2 Å². The van der Waals surface area contributed by atoms with Crippen molar-refractivity contribution in [1.82, 2.24) is 5.32 Å². The Morgan fingerprint density at radius 2 is 2.30 bits per heavy atom. The predicted molar refractivity (Wildman–Crippen MR) is 87.2 cm³/mol. The van der Waals surface area contributed by atoms with Gasteiger partial charge < -0.3 is 10.2 Å². The summed E-state index contributed by atoms with van der Waals surface area (Å²) in [7, 11) is 0. The first-order chi connectivity index (χ1) is 9.63. The smallest absolute Gasteiger partial charge is 0.146 e. The molecule has 1 aliphatic heterocycles. The van der Waals surface area contributed by atoms with Crippen molar-refractivity contribution >= 4 is 17.4 Å². The molecule has 2 nitrogen and oxygen atoms in total. The van der Waals surface area contributed by atoms with E-state index in [1.54, 1.807) is 6.07 Å². The third-order valence-corrected chi connectivity index (χ3v) is 5.04. The van der Waals surface area contributed by atoms with Crippen molar-refractivity contribution < 1.29 is 4.39 Å². The number of nitrogens with zero attached hydrogens (tertiary/aromatic N) is 1. The van der Waals surface area contributed by atoms with Gasteiger partial charge in [-0.15, -0.1) is 0 Å². The van der Waals surface area contributed by atoms with Crippen LogP contribution < -0.4 is 10.2 Å². The SMILES string of the molecule is CCCNC(C)c1ccc(N2CCSCC2C)c(F)c1. The van der Waals surface area contributed by atoms with Crippen molar-refractivity contribution in [3.63, 3.8) is 0 Å². The first kappa shape index (κ1) is 15.6. The van der Waals surface area contributed by atoms with E-state index in [4.69, 9.17) is 0 Å². The van der Waals surface area contributed by atoms with Crippen molar-refractivity contribution in [2.75, 3.05) is 29.5 Å². The van der Waals surface area contributed by atoms with Gasteiger partial charge in [0.25, 0.3) is 0 Å². The van der Waals surface area contributed by atoms with Crippen LogP contribution in [0.5, 0.6) is 0 Å². The van der Waals surface area contributed by atoms with Crippen LogP contribution in [0.4, 0.5) is 10.1 Å². The molecule has 0 amide bonds. The van der Waals surface area contributed by atoms with Crippen LogP contribution in [0, 0.1) is 5.82 Å². The highest BCUT2D eigenvalue weighted by molar-refractivity contribution is 7.99. The molecule has 1 N–H and O–H groups in total. The minimum Gasteiger partial charge on any atom is -0.365 e. The van der Waals surface area contributed by atoms with Crippen LogP contribution in [0.1, 0.15) is 38.8 Å². The zero-order chi connectivity index (χ0) is 14.5. The number of nitrogens with one attached hydrogen (secondary N) is 1. The molecule has 0 spiro atoms. The second kappa shape index (κ2) is 7.32. The standard InChI is InChI=1S/C16H25FN2S/c1-4-7-18-13(3)14-5-6-16(15(17)10-14)19-8-9-20-11-12(19)2/h5-6,10,12-13,18H,4,7-9,11H2,1-3H3. The van der Waals surface area contributed by atoms with Gasteiger partial charge in [-0.25, -0.2) is 4.39 Å². The summed E-state index contributed by atoms with van der Waals surface area (Å²) in [6.07, 6.45) is 1.09. The van der Waals surface area contributed by atoms with Gasteiger partial charge in [0.15, 0.2) is 0 Å². The lowest BCUT2D eigenvalue weighted by Crippen LogP contribution is -2.40. The van der Waals surface area contributed by atoms with E-state index in [1.165, 1.54) is 0 Å². The van der Waals surface area contributed by atoms with Gasteiger partial charge in [0.05, 0.1) is 5.69 Å². The van der Waals surface area contributed by atoms with Crippen LogP contribution in [-0.4, -0.2) is 30.6 Å². The van der Waals surface area contributed by atoms with Crippen molar-refractivity contribution in [2.45, 2.75) is 39.3 Å². The van der Waals surface area contributed by atoms with E-state index in [2.05, 4.69) is 37.1 Å². The second-order valence-electron chi connectivity index (χ2n) is 5.50. The largest absolute Gasteiger partial charge is 0.365 e. The molecule has 2 rings (SSSR count). The lowest BCUT2D eigenvalue weighted by molar-refractivity contribution is 0.559. The minimum absolute atomic E-state index is 0.0913. The first-order valence-electron chi connectivity index (χ1n) is 7.50. The Bertz CT molecular complexity index is 438.